The van der Waals surface area contributed by atoms with Crippen LogP contribution in [0.15, 0.2) is 46.6 Å². The fraction of sp³-hybridized carbons (Fsp3) is 0.526. The lowest BCUT2D eigenvalue weighted by molar-refractivity contribution is -0.123. The van der Waals surface area contributed by atoms with E-state index in [0.717, 1.165) is 19.3 Å². The number of carbonyl (C=O) groups is 1. The summed E-state index contributed by atoms with van der Waals surface area (Å²) in [5, 5.41) is 0. The summed E-state index contributed by atoms with van der Waals surface area (Å²) in [7, 11) is 0. The van der Waals surface area contributed by atoms with E-state index in [1.165, 1.54) is 28.7 Å². The van der Waals surface area contributed by atoms with E-state index >= 15 is 0 Å². The highest BCUT2D eigenvalue weighted by molar-refractivity contribution is 5.84. The van der Waals surface area contributed by atoms with Gasteiger partial charge in [-0.25, -0.2) is 0 Å². The predicted octanol–water partition coefficient (Wildman–Crippen LogP) is 5.55. The van der Waals surface area contributed by atoms with Crippen LogP contribution in [0.2, 0.25) is 0 Å². The summed E-state index contributed by atoms with van der Waals surface area (Å²) in [6.45, 7) is 10.5. The van der Waals surface area contributed by atoms with Crippen LogP contribution in [0.5, 0.6) is 0 Å². The third-order valence-corrected chi connectivity index (χ3v) is 4.42. The molecule has 1 aliphatic carbocycles. The third kappa shape index (κ3) is 4.63. The number of rotatable bonds is 4. The van der Waals surface area contributed by atoms with Gasteiger partial charge in [0.25, 0.3) is 0 Å². The van der Waals surface area contributed by atoms with E-state index in [1.807, 2.05) is 6.92 Å². The fourth-order valence-corrected chi connectivity index (χ4v) is 2.58. The average Bonchev–Trinajstić information content (AvgIpc) is 2.45. The van der Waals surface area contributed by atoms with Gasteiger partial charge < -0.3 is 0 Å². The Morgan fingerprint density at radius 1 is 1.15 bits per heavy atom. The lowest BCUT2D eigenvalue weighted by atomic mass is 9.80. The zero-order chi connectivity index (χ0) is 15.1. The van der Waals surface area contributed by atoms with Crippen LogP contribution in [0.1, 0.15) is 60.3 Å². The summed E-state index contributed by atoms with van der Waals surface area (Å²) >= 11 is 0. The Hall–Kier alpha value is -1.37. The van der Waals surface area contributed by atoms with Crippen molar-refractivity contribution in [2.75, 3.05) is 0 Å². The quantitative estimate of drug-likeness (QED) is 0.613. The first-order valence-electron chi connectivity index (χ1n) is 7.65. The molecule has 0 aromatic carbocycles. The maximum atomic E-state index is 12.0. The molecular formula is C19H28O. The monoisotopic (exact) mass is 272 g/mol. The van der Waals surface area contributed by atoms with Gasteiger partial charge in [-0.1, -0.05) is 41.9 Å². The van der Waals surface area contributed by atoms with Crippen molar-refractivity contribution in [3.8, 4) is 0 Å². The number of hydrogen-bond donors (Lipinski definition) is 0. The van der Waals surface area contributed by atoms with Crippen LogP contribution in [0.25, 0.3) is 0 Å². The van der Waals surface area contributed by atoms with Crippen LogP contribution in [0.3, 0.4) is 0 Å². The Balaban J connectivity index is 2.87. The number of carbonyl (C=O) groups excluding carboxylic acids is 1. The van der Waals surface area contributed by atoms with Gasteiger partial charge in [0.1, 0.15) is 5.78 Å². The molecule has 0 radical (unpaired) electrons. The molecule has 1 aliphatic rings. The van der Waals surface area contributed by atoms with Crippen molar-refractivity contribution < 1.29 is 4.79 Å². The molecule has 0 amide bonds. The summed E-state index contributed by atoms with van der Waals surface area (Å²) in [5.41, 5.74) is 5.04. The molecule has 1 atom stereocenters. The maximum absolute atomic E-state index is 12.0. The summed E-state index contributed by atoms with van der Waals surface area (Å²) in [6, 6.07) is 0. The number of ketones is 1. The first-order chi connectivity index (χ1) is 9.47. The smallest absolute Gasteiger partial charge is 0.140 e. The average molecular weight is 272 g/mol. The van der Waals surface area contributed by atoms with Crippen LogP contribution in [0, 0.1) is 5.92 Å². The van der Waals surface area contributed by atoms with Crippen LogP contribution >= 0.6 is 0 Å². The summed E-state index contributed by atoms with van der Waals surface area (Å²) < 4.78 is 0. The number of Topliss-reactive ketones (excluding diaryl/α,β-unsaturated/α-hetero) is 1. The second kappa shape index (κ2) is 8.04. The van der Waals surface area contributed by atoms with Crippen LogP contribution in [0.4, 0.5) is 0 Å². The lowest BCUT2D eigenvalue weighted by Crippen LogP contribution is -2.20. The zero-order valence-electron chi connectivity index (χ0n) is 13.6. The van der Waals surface area contributed by atoms with Crippen LogP contribution < -0.4 is 0 Å². The summed E-state index contributed by atoms with van der Waals surface area (Å²) in [6.07, 6.45) is 12.5. The molecule has 0 spiro atoms. The summed E-state index contributed by atoms with van der Waals surface area (Å²) in [5.74, 6) is 0.592. The molecule has 0 aromatic rings. The van der Waals surface area contributed by atoms with Gasteiger partial charge in [0.15, 0.2) is 0 Å². The second-order valence-electron chi connectivity index (χ2n) is 5.81. The molecule has 1 heteroatoms. The maximum Gasteiger partial charge on any atom is 0.140 e. The second-order valence-corrected chi connectivity index (χ2v) is 5.81. The number of hydrogen-bond acceptors (Lipinski definition) is 1. The minimum atomic E-state index is 0.161. The first kappa shape index (κ1) is 16.7. The van der Waals surface area contributed by atoms with Crippen molar-refractivity contribution in [2.45, 2.75) is 60.3 Å². The third-order valence-electron chi connectivity index (χ3n) is 4.42. The molecule has 20 heavy (non-hydrogen) atoms. The van der Waals surface area contributed by atoms with Crippen molar-refractivity contribution in [3.05, 3.63) is 46.6 Å². The molecule has 1 unspecified atom stereocenters. The normalized spacial score (nSPS) is 23.2. The van der Waals surface area contributed by atoms with E-state index in [-0.39, 0.29) is 5.92 Å². The van der Waals surface area contributed by atoms with Crippen LogP contribution in [-0.2, 0) is 4.79 Å². The molecule has 0 heterocycles. The highest BCUT2D eigenvalue weighted by Crippen LogP contribution is 2.30. The van der Waals surface area contributed by atoms with Crippen molar-refractivity contribution in [2.24, 2.45) is 5.92 Å². The Labute approximate surface area is 124 Å². The molecule has 1 saturated carbocycles. The molecule has 0 saturated heterocycles. The standard InChI is InChI=1S/C19H28O/c1-6-14(2)10-9-11-15(3)16(4)17(5)18-12-7-8-13-19(18)20/h6,9-11,18H,7-8,12-13H2,1-5H3/b10-9+,14-6+,15-11+,17-16+. The molecular weight excluding hydrogens is 244 g/mol. The van der Waals surface area contributed by atoms with Gasteiger partial charge in [0, 0.05) is 12.3 Å². The van der Waals surface area contributed by atoms with Gasteiger partial charge >= 0.3 is 0 Å². The Kier molecular flexibility index (Phi) is 6.70. The molecule has 110 valence electrons. The van der Waals surface area contributed by atoms with Crippen molar-refractivity contribution in [3.63, 3.8) is 0 Å². The SMILES string of the molecule is C/C=C(C)/C=C/C=C(C)/C(C)=C(\C)C1CCCCC1=O. The Bertz CT molecular complexity index is 472. The van der Waals surface area contributed by atoms with Gasteiger partial charge in [-0.05, 0) is 58.6 Å². The molecule has 0 N–H and O–H groups in total. The highest BCUT2D eigenvalue weighted by Gasteiger charge is 2.24. The van der Waals surface area contributed by atoms with Gasteiger partial charge in [-0.2, -0.15) is 0 Å². The lowest BCUT2D eigenvalue weighted by Gasteiger charge is -2.23. The minimum Gasteiger partial charge on any atom is -0.299 e. The predicted molar refractivity (Wildman–Crippen MR) is 87.7 cm³/mol. The van der Waals surface area contributed by atoms with Crippen molar-refractivity contribution >= 4 is 5.78 Å². The van der Waals surface area contributed by atoms with E-state index < -0.39 is 0 Å². The van der Waals surface area contributed by atoms with Gasteiger partial charge in [-0.15, -0.1) is 0 Å². The molecule has 1 rings (SSSR count). The largest absolute Gasteiger partial charge is 0.299 e. The van der Waals surface area contributed by atoms with Gasteiger partial charge in [0.2, 0.25) is 0 Å². The van der Waals surface area contributed by atoms with Gasteiger partial charge in [0.05, 0.1) is 0 Å². The summed E-state index contributed by atoms with van der Waals surface area (Å²) in [4.78, 5) is 12.0. The first-order valence-corrected chi connectivity index (χ1v) is 7.65. The van der Waals surface area contributed by atoms with Crippen molar-refractivity contribution in [1.82, 2.24) is 0 Å². The number of allylic oxidation sites excluding steroid dienone is 8. The zero-order valence-corrected chi connectivity index (χ0v) is 13.6. The van der Waals surface area contributed by atoms with E-state index in [4.69, 9.17) is 0 Å². The Morgan fingerprint density at radius 3 is 2.45 bits per heavy atom. The molecule has 0 aliphatic heterocycles. The molecule has 0 aromatic heterocycles. The van der Waals surface area contributed by atoms with E-state index in [2.05, 4.69) is 52.0 Å². The van der Waals surface area contributed by atoms with E-state index in [0.29, 0.717) is 5.78 Å². The van der Waals surface area contributed by atoms with E-state index in [9.17, 15) is 4.79 Å². The van der Waals surface area contributed by atoms with E-state index in [1.54, 1.807) is 0 Å². The van der Waals surface area contributed by atoms with Gasteiger partial charge in [-0.3, -0.25) is 4.79 Å². The van der Waals surface area contributed by atoms with Crippen molar-refractivity contribution in [1.29, 1.82) is 0 Å². The molecule has 1 nitrogen and oxygen atoms in total. The highest BCUT2D eigenvalue weighted by atomic mass is 16.1. The topological polar surface area (TPSA) is 17.1 Å². The Morgan fingerprint density at radius 2 is 1.85 bits per heavy atom. The fourth-order valence-electron chi connectivity index (χ4n) is 2.58. The molecule has 1 fully saturated rings. The van der Waals surface area contributed by atoms with Crippen LogP contribution in [-0.4, -0.2) is 5.78 Å². The minimum absolute atomic E-state index is 0.161. The molecule has 0 bridgehead atoms.